The van der Waals surface area contributed by atoms with Crippen LogP contribution in [-0.2, 0) is 0 Å². The highest BCUT2D eigenvalue weighted by molar-refractivity contribution is 5.80. The molecular weight excluding hydrogens is 424 g/mol. The van der Waals surface area contributed by atoms with E-state index in [1.807, 2.05) is 33.3 Å². The predicted octanol–water partition coefficient (Wildman–Crippen LogP) is 9.77. The Hall–Kier alpha value is -1.83. The molecule has 2 heteroatoms. The molecular formula is C33H50N2. The minimum Gasteiger partial charge on any atom is -0.302 e. The summed E-state index contributed by atoms with van der Waals surface area (Å²) in [6.45, 7) is 18.1. The first-order valence-corrected chi connectivity index (χ1v) is 14.8. The summed E-state index contributed by atoms with van der Waals surface area (Å²) < 4.78 is 2.41. The van der Waals surface area contributed by atoms with Crippen LogP contribution >= 0.6 is 0 Å². The van der Waals surface area contributed by atoms with E-state index in [4.69, 9.17) is 4.98 Å². The van der Waals surface area contributed by atoms with Gasteiger partial charge in [0.25, 0.3) is 0 Å². The molecule has 0 spiro atoms. The van der Waals surface area contributed by atoms with Crippen molar-refractivity contribution in [3.63, 3.8) is 0 Å². The Bertz CT molecular complexity index is 1070. The summed E-state index contributed by atoms with van der Waals surface area (Å²) in [5.41, 5.74) is 6.45. The summed E-state index contributed by atoms with van der Waals surface area (Å²) in [6.07, 6.45) is 16.7. The zero-order valence-corrected chi connectivity index (χ0v) is 23.8. The molecule has 35 heavy (non-hydrogen) atoms. The van der Waals surface area contributed by atoms with E-state index in [0.717, 1.165) is 35.1 Å². The summed E-state index contributed by atoms with van der Waals surface area (Å²) in [4.78, 5) is 4.71. The van der Waals surface area contributed by atoms with Crippen LogP contribution in [0, 0.1) is 40.4 Å². The summed E-state index contributed by atoms with van der Waals surface area (Å²) in [7, 11) is 0. The molecule has 2 fully saturated rings. The zero-order valence-electron chi connectivity index (χ0n) is 23.8. The molecule has 1 heterocycles. The van der Waals surface area contributed by atoms with Crippen molar-refractivity contribution in [2.75, 3.05) is 0 Å². The van der Waals surface area contributed by atoms with Crippen molar-refractivity contribution < 1.29 is 0 Å². The Kier molecular flexibility index (Phi) is 7.70. The molecule has 192 valence electrons. The third-order valence-corrected chi connectivity index (χ3v) is 10.4. The molecule has 2 aromatic rings. The van der Waals surface area contributed by atoms with Crippen molar-refractivity contribution in [3.8, 4) is 0 Å². The molecule has 1 aromatic heterocycles. The summed E-state index contributed by atoms with van der Waals surface area (Å²) in [5, 5.41) is 0. The first-order valence-electron chi connectivity index (χ1n) is 14.8. The fourth-order valence-corrected chi connectivity index (χ4v) is 8.69. The van der Waals surface area contributed by atoms with Crippen molar-refractivity contribution >= 4 is 16.7 Å². The van der Waals surface area contributed by atoms with Gasteiger partial charge >= 0.3 is 0 Å². The summed E-state index contributed by atoms with van der Waals surface area (Å²) >= 11 is 0. The van der Waals surface area contributed by atoms with Gasteiger partial charge < -0.3 is 4.57 Å². The lowest BCUT2D eigenvalue weighted by Crippen LogP contribution is -2.50. The highest BCUT2D eigenvalue weighted by atomic mass is 15.1. The fraction of sp³-hybridized carbons (Fsp3) is 0.667. The Labute approximate surface area is 215 Å². The number of nitrogens with zero attached hydrogens (tertiary/aromatic N) is 2. The van der Waals surface area contributed by atoms with Crippen molar-refractivity contribution in [2.24, 2.45) is 40.4 Å². The largest absolute Gasteiger partial charge is 0.302 e. The maximum atomic E-state index is 4.71. The van der Waals surface area contributed by atoms with Gasteiger partial charge in [-0.05, 0) is 85.7 Å². The van der Waals surface area contributed by atoms with Crippen LogP contribution in [0.4, 0.5) is 0 Å². The van der Waals surface area contributed by atoms with E-state index >= 15 is 0 Å². The second-order valence-corrected chi connectivity index (χ2v) is 11.7. The van der Waals surface area contributed by atoms with E-state index in [0.29, 0.717) is 5.41 Å². The molecule has 0 bridgehead atoms. The van der Waals surface area contributed by atoms with E-state index in [1.54, 1.807) is 0 Å². The van der Waals surface area contributed by atoms with Crippen LogP contribution in [0.2, 0.25) is 0 Å². The molecule has 0 saturated heterocycles. The molecule has 4 aliphatic rings. The van der Waals surface area contributed by atoms with E-state index in [-0.39, 0.29) is 5.41 Å². The van der Waals surface area contributed by atoms with Gasteiger partial charge in [0.15, 0.2) is 0 Å². The topological polar surface area (TPSA) is 17.8 Å². The Balaban J connectivity index is 0.000000689. The number of benzene rings is 1. The monoisotopic (exact) mass is 474 g/mol. The minimum atomic E-state index is 0.276. The van der Waals surface area contributed by atoms with E-state index in [9.17, 15) is 0 Å². The molecule has 1 aromatic carbocycles. The first kappa shape index (κ1) is 26.2. The van der Waals surface area contributed by atoms with Crippen LogP contribution in [0.5, 0.6) is 0 Å². The van der Waals surface area contributed by atoms with Gasteiger partial charge in [0.05, 0.1) is 11.0 Å². The van der Waals surface area contributed by atoms with Crippen molar-refractivity contribution in [1.82, 2.24) is 9.55 Å². The van der Waals surface area contributed by atoms with Crippen LogP contribution in [0.1, 0.15) is 100 Å². The normalized spacial score (nSPS) is 37.4. The lowest BCUT2D eigenvalue weighted by atomic mass is 9.46. The number of fused-ring (bicyclic) bond motifs is 6. The minimum absolute atomic E-state index is 0.276. The summed E-state index contributed by atoms with van der Waals surface area (Å²) in [5.74, 6) is 4.25. The summed E-state index contributed by atoms with van der Waals surface area (Å²) in [6, 6.07) is 8.62. The highest BCUT2D eigenvalue weighted by Crippen LogP contribution is 2.66. The number of hydrogen-bond donors (Lipinski definition) is 0. The number of rotatable bonds is 2. The number of aromatic nitrogens is 2. The smallest absolute Gasteiger partial charge is 0.100 e. The van der Waals surface area contributed by atoms with Gasteiger partial charge in [-0.15, -0.1) is 0 Å². The van der Waals surface area contributed by atoms with Gasteiger partial charge in [0.2, 0.25) is 0 Å². The third kappa shape index (κ3) is 4.04. The Morgan fingerprint density at radius 2 is 1.71 bits per heavy atom. The second-order valence-electron chi connectivity index (χ2n) is 11.7. The third-order valence-electron chi connectivity index (χ3n) is 10.4. The van der Waals surface area contributed by atoms with Crippen LogP contribution in [0.15, 0.2) is 48.3 Å². The molecule has 6 rings (SSSR count). The molecule has 0 radical (unpaired) electrons. The molecule has 2 nitrogen and oxygen atoms in total. The van der Waals surface area contributed by atoms with Gasteiger partial charge in [0, 0.05) is 11.1 Å². The maximum absolute atomic E-state index is 4.71. The Morgan fingerprint density at radius 3 is 2.46 bits per heavy atom. The van der Waals surface area contributed by atoms with Crippen molar-refractivity contribution in [2.45, 2.75) is 100 Å². The quantitative estimate of drug-likeness (QED) is 0.396. The average molecular weight is 475 g/mol. The van der Waals surface area contributed by atoms with Gasteiger partial charge in [-0.1, -0.05) is 91.7 Å². The Morgan fingerprint density at radius 1 is 0.971 bits per heavy atom. The van der Waals surface area contributed by atoms with Crippen LogP contribution in [0.3, 0.4) is 0 Å². The lowest BCUT2D eigenvalue weighted by molar-refractivity contribution is -0.0263. The zero-order chi connectivity index (χ0) is 25.4. The molecule has 0 aliphatic heterocycles. The van der Waals surface area contributed by atoms with E-state index in [2.05, 4.69) is 75.0 Å². The number of allylic oxidation sites excluding steroid dienone is 4. The van der Waals surface area contributed by atoms with Crippen LogP contribution < -0.4 is 0 Å². The van der Waals surface area contributed by atoms with Gasteiger partial charge in [-0.25, -0.2) is 4.98 Å². The molecule has 4 aliphatic carbocycles. The van der Waals surface area contributed by atoms with Crippen LogP contribution in [-0.4, -0.2) is 9.55 Å². The second kappa shape index (κ2) is 10.3. The number of hydrogen-bond acceptors (Lipinski definition) is 1. The van der Waals surface area contributed by atoms with Gasteiger partial charge in [0.1, 0.15) is 6.33 Å². The van der Waals surface area contributed by atoms with Crippen molar-refractivity contribution in [3.05, 3.63) is 48.3 Å². The van der Waals surface area contributed by atoms with E-state index < -0.39 is 0 Å². The fourth-order valence-electron chi connectivity index (χ4n) is 8.69. The van der Waals surface area contributed by atoms with Crippen molar-refractivity contribution in [1.29, 1.82) is 0 Å². The highest BCUT2D eigenvalue weighted by Gasteiger charge is 2.57. The van der Waals surface area contributed by atoms with Crippen LogP contribution in [0.25, 0.3) is 16.7 Å². The van der Waals surface area contributed by atoms with Gasteiger partial charge in [-0.3, -0.25) is 0 Å². The molecule has 4 unspecified atom stereocenters. The standard InChI is InChI=1S/C29H38N2.2C2H6/c1-5-20-16-21-10-11-22-23-12-13-27(31-18-30-25-8-6-7-9-26(25)31)28(23,3)15-14-24(22)29(21,4)17-19(20)2;2*1-2/h6-10,13,18-20,22-24H,5,11-12,14-17H2,1-4H3;2*1-2H3/t19?,20-,22?,23?,24?,28+,29+;;/m1../s1. The van der Waals surface area contributed by atoms with E-state index in [1.165, 1.54) is 56.2 Å². The first-order chi connectivity index (χ1) is 17.0. The number of imidazole rings is 1. The number of para-hydroxylation sites is 2. The SMILES string of the molecule is CC.CC.CC[C@@H]1CC2=CCC3C(CC[C@]4(C)C(n5cnc6ccccc65)=CCC34)[C@@]2(C)CC1C. The molecule has 0 N–H and O–H groups in total. The molecule has 0 amide bonds. The average Bonchev–Trinajstić information content (AvgIpc) is 3.46. The maximum Gasteiger partial charge on any atom is 0.100 e. The van der Waals surface area contributed by atoms with Gasteiger partial charge in [-0.2, -0.15) is 0 Å². The molecule has 7 atom stereocenters. The predicted molar refractivity (Wildman–Crippen MR) is 152 cm³/mol. The molecule has 2 saturated carbocycles. The lowest BCUT2D eigenvalue weighted by Gasteiger charge is -2.59.